The van der Waals surface area contributed by atoms with E-state index in [1.54, 1.807) is 13.0 Å². The maximum Gasteiger partial charge on any atom is 0.273 e. The summed E-state index contributed by atoms with van der Waals surface area (Å²) in [5.74, 6) is 0.721. The van der Waals surface area contributed by atoms with Crippen LogP contribution in [0.15, 0.2) is 10.6 Å². The highest BCUT2D eigenvalue weighted by molar-refractivity contribution is 5.92. The summed E-state index contributed by atoms with van der Waals surface area (Å²) < 4.78 is 4.84. The average molecular weight is 240 g/mol. The molecule has 0 saturated heterocycles. The summed E-state index contributed by atoms with van der Waals surface area (Å²) in [4.78, 5) is 11.7. The minimum atomic E-state index is -0.221. The average Bonchev–Trinajstić information content (AvgIpc) is 2.73. The van der Waals surface area contributed by atoms with Gasteiger partial charge in [0.25, 0.3) is 5.91 Å². The van der Waals surface area contributed by atoms with E-state index in [2.05, 4.69) is 17.4 Å². The van der Waals surface area contributed by atoms with Crippen LogP contribution >= 0.6 is 0 Å². The molecule has 5 nitrogen and oxygen atoms in total. The first-order valence-corrected chi connectivity index (χ1v) is 5.99. The standard InChI is InChI=1S/C12H20N2O3/c1-3-4-10(5-6-15)8-13-12(16)11-7-9(2)17-14-11/h7,10,15H,3-6,8H2,1-2H3,(H,13,16). The van der Waals surface area contributed by atoms with Crippen molar-refractivity contribution in [3.05, 3.63) is 17.5 Å². The number of aromatic nitrogens is 1. The molecular formula is C12H20N2O3. The van der Waals surface area contributed by atoms with Crippen molar-refractivity contribution in [2.24, 2.45) is 5.92 Å². The molecule has 1 rings (SSSR count). The quantitative estimate of drug-likeness (QED) is 0.757. The SMILES string of the molecule is CCCC(CCO)CNC(=O)c1cc(C)on1. The van der Waals surface area contributed by atoms with Crippen LogP contribution < -0.4 is 5.32 Å². The van der Waals surface area contributed by atoms with Gasteiger partial charge in [-0.1, -0.05) is 18.5 Å². The van der Waals surface area contributed by atoms with Gasteiger partial charge in [-0.3, -0.25) is 4.79 Å². The highest BCUT2D eigenvalue weighted by Crippen LogP contribution is 2.10. The number of nitrogens with one attached hydrogen (secondary N) is 1. The molecule has 1 aromatic heterocycles. The number of carbonyl (C=O) groups is 1. The third-order valence-corrected chi connectivity index (χ3v) is 2.65. The Bertz CT molecular complexity index is 343. The molecule has 0 aliphatic rings. The van der Waals surface area contributed by atoms with E-state index in [-0.39, 0.29) is 12.5 Å². The third-order valence-electron chi connectivity index (χ3n) is 2.65. The molecule has 0 spiro atoms. The zero-order valence-corrected chi connectivity index (χ0v) is 10.4. The van der Waals surface area contributed by atoms with Gasteiger partial charge >= 0.3 is 0 Å². The minimum Gasteiger partial charge on any atom is -0.396 e. The number of hydrogen-bond donors (Lipinski definition) is 2. The van der Waals surface area contributed by atoms with Crippen LogP contribution in [0.25, 0.3) is 0 Å². The van der Waals surface area contributed by atoms with Gasteiger partial charge in [0.05, 0.1) is 0 Å². The fourth-order valence-electron chi connectivity index (χ4n) is 1.74. The predicted molar refractivity (Wildman–Crippen MR) is 63.7 cm³/mol. The molecule has 17 heavy (non-hydrogen) atoms. The van der Waals surface area contributed by atoms with Gasteiger partial charge < -0.3 is 14.9 Å². The van der Waals surface area contributed by atoms with Crippen LogP contribution in [0.1, 0.15) is 42.4 Å². The molecule has 1 amide bonds. The van der Waals surface area contributed by atoms with Gasteiger partial charge in [-0.2, -0.15) is 0 Å². The number of nitrogens with zero attached hydrogens (tertiary/aromatic N) is 1. The molecule has 0 aromatic carbocycles. The summed E-state index contributed by atoms with van der Waals surface area (Å²) in [5.41, 5.74) is 0.307. The normalized spacial score (nSPS) is 12.4. The van der Waals surface area contributed by atoms with E-state index in [9.17, 15) is 4.79 Å². The van der Waals surface area contributed by atoms with E-state index < -0.39 is 0 Å². The van der Waals surface area contributed by atoms with Crippen LogP contribution in [-0.4, -0.2) is 29.3 Å². The van der Waals surface area contributed by atoms with Gasteiger partial charge in [0.1, 0.15) is 5.76 Å². The Morgan fingerprint density at radius 2 is 2.35 bits per heavy atom. The maximum atomic E-state index is 11.7. The molecule has 1 unspecified atom stereocenters. The van der Waals surface area contributed by atoms with Crippen molar-refractivity contribution in [2.75, 3.05) is 13.2 Å². The Morgan fingerprint density at radius 3 is 2.88 bits per heavy atom. The number of hydrogen-bond acceptors (Lipinski definition) is 4. The largest absolute Gasteiger partial charge is 0.396 e. The summed E-state index contributed by atoms with van der Waals surface area (Å²) in [6.45, 7) is 4.56. The van der Waals surface area contributed by atoms with Gasteiger partial charge in [-0.05, 0) is 25.7 Å². The van der Waals surface area contributed by atoms with E-state index in [1.807, 2.05) is 0 Å². The molecule has 0 fully saturated rings. The van der Waals surface area contributed by atoms with E-state index >= 15 is 0 Å². The van der Waals surface area contributed by atoms with E-state index in [4.69, 9.17) is 9.63 Å². The summed E-state index contributed by atoms with van der Waals surface area (Å²) in [6, 6.07) is 1.61. The molecule has 0 saturated carbocycles. The topological polar surface area (TPSA) is 75.4 Å². The summed E-state index contributed by atoms with van der Waals surface area (Å²) in [7, 11) is 0. The van der Waals surface area contributed by atoms with E-state index in [0.717, 1.165) is 12.8 Å². The van der Waals surface area contributed by atoms with E-state index in [1.165, 1.54) is 0 Å². The molecular weight excluding hydrogens is 220 g/mol. The van der Waals surface area contributed by atoms with Crippen molar-refractivity contribution < 1.29 is 14.4 Å². The fraction of sp³-hybridized carbons (Fsp3) is 0.667. The second-order valence-electron chi connectivity index (χ2n) is 4.20. The van der Waals surface area contributed by atoms with Gasteiger partial charge in [0.2, 0.25) is 0 Å². The highest BCUT2D eigenvalue weighted by Gasteiger charge is 2.13. The first kappa shape index (κ1) is 13.7. The number of aryl methyl sites for hydroxylation is 1. The summed E-state index contributed by atoms with van der Waals surface area (Å²) in [5, 5.41) is 15.4. The Balaban J connectivity index is 2.40. The molecule has 1 atom stereocenters. The van der Waals surface area contributed by atoms with Crippen molar-refractivity contribution in [3.63, 3.8) is 0 Å². The minimum absolute atomic E-state index is 0.156. The summed E-state index contributed by atoms with van der Waals surface area (Å²) >= 11 is 0. The van der Waals surface area contributed by atoms with Crippen LogP contribution in [0.4, 0.5) is 0 Å². The first-order valence-electron chi connectivity index (χ1n) is 5.99. The number of rotatable bonds is 7. The van der Waals surface area contributed by atoms with Crippen LogP contribution in [0.3, 0.4) is 0 Å². The highest BCUT2D eigenvalue weighted by atomic mass is 16.5. The fourth-order valence-corrected chi connectivity index (χ4v) is 1.74. The lowest BCUT2D eigenvalue weighted by atomic mass is 10.0. The molecule has 1 aromatic rings. The lowest BCUT2D eigenvalue weighted by Crippen LogP contribution is -2.30. The molecule has 0 aliphatic carbocycles. The van der Waals surface area contributed by atoms with Crippen LogP contribution in [0.5, 0.6) is 0 Å². The van der Waals surface area contributed by atoms with Gasteiger partial charge in [0.15, 0.2) is 5.69 Å². The Kier molecular flexibility index (Phi) is 5.69. The van der Waals surface area contributed by atoms with Crippen molar-refractivity contribution in [1.82, 2.24) is 10.5 Å². The zero-order chi connectivity index (χ0) is 12.7. The lowest BCUT2D eigenvalue weighted by Gasteiger charge is -2.14. The van der Waals surface area contributed by atoms with Gasteiger partial charge in [-0.25, -0.2) is 0 Å². The Labute approximate surface area is 101 Å². The molecule has 0 aliphatic heterocycles. The van der Waals surface area contributed by atoms with Crippen molar-refractivity contribution in [2.45, 2.75) is 33.1 Å². The smallest absolute Gasteiger partial charge is 0.273 e. The lowest BCUT2D eigenvalue weighted by molar-refractivity contribution is 0.0934. The third kappa shape index (κ3) is 4.56. The van der Waals surface area contributed by atoms with Crippen LogP contribution in [-0.2, 0) is 0 Å². The maximum absolute atomic E-state index is 11.7. The molecule has 5 heteroatoms. The molecule has 2 N–H and O–H groups in total. The monoisotopic (exact) mass is 240 g/mol. The van der Waals surface area contributed by atoms with Gasteiger partial charge in [0, 0.05) is 19.2 Å². The second-order valence-corrected chi connectivity index (χ2v) is 4.20. The predicted octanol–water partition coefficient (Wildman–Crippen LogP) is 1.51. The van der Waals surface area contributed by atoms with Crippen molar-refractivity contribution >= 4 is 5.91 Å². The first-order chi connectivity index (χ1) is 8.17. The summed E-state index contributed by atoms with van der Waals surface area (Å²) in [6.07, 6.45) is 2.76. The van der Waals surface area contributed by atoms with Gasteiger partial charge in [-0.15, -0.1) is 0 Å². The molecule has 1 heterocycles. The van der Waals surface area contributed by atoms with Crippen molar-refractivity contribution in [3.8, 4) is 0 Å². The van der Waals surface area contributed by atoms with Crippen molar-refractivity contribution in [1.29, 1.82) is 0 Å². The number of aliphatic hydroxyl groups is 1. The number of carbonyl (C=O) groups excluding carboxylic acids is 1. The zero-order valence-electron chi connectivity index (χ0n) is 10.4. The number of amides is 1. The number of aliphatic hydroxyl groups excluding tert-OH is 1. The molecule has 0 radical (unpaired) electrons. The van der Waals surface area contributed by atoms with Crippen LogP contribution in [0.2, 0.25) is 0 Å². The Morgan fingerprint density at radius 1 is 1.59 bits per heavy atom. The second kappa shape index (κ2) is 7.06. The van der Waals surface area contributed by atoms with Crippen LogP contribution in [0, 0.1) is 12.8 Å². The Hall–Kier alpha value is -1.36. The molecule has 0 bridgehead atoms. The van der Waals surface area contributed by atoms with E-state index in [0.29, 0.717) is 30.3 Å². The molecule has 96 valence electrons.